The van der Waals surface area contributed by atoms with E-state index in [4.69, 9.17) is 9.47 Å². The molecule has 0 bridgehead atoms. The van der Waals surface area contributed by atoms with Crippen LogP contribution in [0.25, 0.3) is 0 Å². The Kier molecular flexibility index (Phi) is 5.49. The minimum Gasteiger partial charge on any atom is -0.383 e. The van der Waals surface area contributed by atoms with E-state index < -0.39 is 0 Å². The molecule has 100 valence electrons. The van der Waals surface area contributed by atoms with Crippen molar-refractivity contribution in [1.82, 2.24) is 0 Å². The molecule has 0 aromatic heterocycles. The molecule has 0 radical (unpaired) electrons. The Labute approximate surface area is 109 Å². The van der Waals surface area contributed by atoms with Gasteiger partial charge >= 0.3 is 0 Å². The van der Waals surface area contributed by atoms with Crippen LogP contribution in [0.4, 0.5) is 5.69 Å². The minimum absolute atomic E-state index is 0.693. The van der Waals surface area contributed by atoms with Gasteiger partial charge < -0.3 is 14.8 Å². The molecule has 1 N–H and O–H groups in total. The van der Waals surface area contributed by atoms with Gasteiger partial charge in [-0.25, -0.2) is 0 Å². The molecule has 18 heavy (non-hydrogen) atoms. The van der Waals surface area contributed by atoms with Gasteiger partial charge in [0.05, 0.1) is 6.61 Å². The topological polar surface area (TPSA) is 30.5 Å². The predicted molar refractivity (Wildman–Crippen MR) is 74.0 cm³/mol. The highest BCUT2D eigenvalue weighted by molar-refractivity contribution is 5.44. The smallest absolute Gasteiger partial charge is 0.0639 e. The quantitative estimate of drug-likeness (QED) is 0.786. The SMILES string of the molecule is Cc1ccc(NCCOCC2CCOCC2)cc1. The largest absolute Gasteiger partial charge is 0.383 e. The number of aryl methyl sites for hydroxylation is 1. The van der Waals surface area contributed by atoms with Crippen LogP contribution in [0.2, 0.25) is 0 Å². The van der Waals surface area contributed by atoms with E-state index in [9.17, 15) is 0 Å². The van der Waals surface area contributed by atoms with Gasteiger partial charge in [-0.15, -0.1) is 0 Å². The van der Waals surface area contributed by atoms with E-state index in [1.165, 1.54) is 5.56 Å². The second kappa shape index (κ2) is 7.39. The van der Waals surface area contributed by atoms with Crippen LogP contribution in [-0.4, -0.2) is 33.0 Å². The Morgan fingerprint density at radius 1 is 1.22 bits per heavy atom. The molecule has 1 aromatic rings. The van der Waals surface area contributed by atoms with Gasteiger partial charge in [-0.05, 0) is 37.8 Å². The lowest BCUT2D eigenvalue weighted by molar-refractivity contribution is 0.0231. The summed E-state index contributed by atoms with van der Waals surface area (Å²) in [5.74, 6) is 0.693. The molecule has 1 aliphatic heterocycles. The van der Waals surface area contributed by atoms with E-state index in [-0.39, 0.29) is 0 Å². The van der Waals surface area contributed by atoms with E-state index >= 15 is 0 Å². The van der Waals surface area contributed by atoms with Gasteiger partial charge in [0.25, 0.3) is 0 Å². The van der Waals surface area contributed by atoms with Crippen LogP contribution in [0, 0.1) is 12.8 Å². The monoisotopic (exact) mass is 249 g/mol. The number of rotatable bonds is 6. The molecule has 3 nitrogen and oxygen atoms in total. The van der Waals surface area contributed by atoms with Gasteiger partial charge in [-0.3, -0.25) is 0 Å². The number of ether oxygens (including phenoxy) is 2. The molecule has 2 rings (SSSR count). The van der Waals surface area contributed by atoms with E-state index in [0.717, 1.165) is 51.5 Å². The second-order valence-electron chi connectivity index (χ2n) is 4.92. The maximum absolute atomic E-state index is 5.70. The molecule has 1 heterocycles. The fourth-order valence-electron chi connectivity index (χ4n) is 2.10. The van der Waals surface area contributed by atoms with Gasteiger partial charge in [0, 0.05) is 32.1 Å². The Hall–Kier alpha value is -1.06. The highest BCUT2D eigenvalue weighted by Gasteiger charge is 2.13. The lowest BCUT2D eigenvalue weighted by Crippen LogP contribution is -2.21. The summed E-state index contributed by atoms with van der Waals surface area (Å²) in [5, 5.41) is 3.36. The minimum atomic E-state index is 0.693. The van der Waals surface area contributed by atoms with Crippen molar-refractivity contribution in [2.24, 2.45) is 5.92 Å². The summed E-state index contributed by atoms with van der Waals surface area (Å²) in [6.45, 7) is 6.41. The number of hydrogen-bond acceptors (Lipinski definition) is 3. The van der Waals surface area contributed by atoms with Gasteiger partial charge in [0.2, 0.25) is 0 Å². The number of anilines is 1. The fourth-order valence-corrected chi connectivity index (χ4v) is 2.10. The highest BCUT2D eigenvalue weighted by atomic mass is 16.5. The van der Waals surface area contributed by atoms with Crippen molar-refractivity contribution >= 4 is 5.69 Å². The fraction of sp³-hybridized carbons (Fsp3) is 0.600. The molecule has 0 spiro atoms. The summed E-state index contributed by atoms with van der Waals surface area (Å²) in [5.41, 5.74) is 2.45. The van der Waals surface area contributed by atoms with Crippen molar-refractivity contribution < 1.29 is 9.47 Å². The maximum Gasteiger partial charge on any atom is 0.0639 e. The molecular formula is C15H23NO2. The van der Waals surface area contributed by atoms with Gasteiger partial charge in [-0.2, -0.15) is 0 Å². The van der Waals surface area contributed by atoms with E-state index in [1.54, 1.807) is 0 Å². The first kappa shape index (κ1) is 13.4. The Morgan fingerprint density at radius 3 is 2.67 bits per heavy atom. The zero-order valence-electron chi connectivity index (χ0n) is 11.2. The van der Waals surface area contributed by atoms with E-state index in [0.29, 0.717) is 5.92 Å². The first-order valence-electron chi connectivity index (χ1n) is 6.80. The second-order valence-corrected chi connectivity index (χ2v) is 4.92. The number of hydrogen-bond donors (Lipinski definition) is 1. The normalized spacial score (nSPS) is 16.7. The molecule has 1 aromatic carbocycles. The standard InChI is InChI=1S/C15H23NO2/c1-13-2-4-15(5-3-13)16-8-11-18-12-14-6-9-17-10-7-14/h2-5,14,16H,6-12H2,1H3. The molecule has 0 unspecified atom stereocenters. The third kappa shape index (κ3) is 4.67. The summed E-state index contributed by atoms with van der Waals surface area (Å²) < 4.78 is 11.0. The first-order valence-corrected chi connectivity index (χ1v) is 6.80. The summed E-state index contributed by atoms with van der Waals surface area (Å²) >= 11 is 0. The van der Waals surface area contributed by atoms with Crippen molar-refractivity contribution in [2.45, 2.75) is 19.8 Å². The van der Waals surface area contributed by atoms with Gasteiger partial charge in [0.1, 0.15) is 0 Å². The molecule has 1 saturated heterocycles. The Bertz CT molecular complexity index is 331. The molecule has 0 saturated carbocycles. The zero-order chi connectivity index (χ0) is 12.6. The van der Waals surface area contributed by atoms with E-state index in [1.807, 2.05) is 0 Å². The van der Waals surface area contributed by atoms with Crippen molar-refractivity contribution in [3.63, 3.8) is 0 Å². The van der Waals surface area contributed by atoms with Crippen LogP contribution in [-0.2, 0) is 9.47 Å². The van der Waals surface area contributed by atoms with Crippen LogP contribution in [0.15, 0.2) is 24.3 Å². The van der Waals surface area contributed by atoms with Crippen LogP contribution in [0.1, 0.15) is 18.4 Å². The van der Waals surface area contributed by atoms with Crippen molar-refractivity contribution in [3.8, 4) is 0 Å². The average molecular weight is 249 g/mol. The number of nitrogens with one attached hydrogen (secondary N) is 1. The highest BCUT2D eigenvalue weighted by Crippen LogP contribution is 2.14. The average Bonchev–Trinajstić information content (AvgIpc) is 2.42. The predicted octanol–water partition coefficient (Wildman–Crippen LogP) is 2.85. The van der Waals surface area contributed by atoms with Crippen LogP contribution >= 0.6 is 0 Å². The summed E-state index contributed by atoms with van der Waals surface area (Å²) in [7, 11) is 0. The molecule has 1 aliphatic rings. The summed E-state index contributed by atoms with van der Waals surface area (Å²) in [6, 6.07) is 8.44. The molecule has 0 atom stereocenters. The lowest BCUT2D eigenvalue weighted by Gasteiger charge is -2.21. The Balaban J connectivity index is 1.54. The lowest BCUT2D eigenvalue weighted by atomic mass is 10.0. The van der Waals surface area contributed by atoms with Crippen LogP contribution in [0.5, 0.6) is 0 Å². The molecule has 0 aliphatic carbocycles. The summed E-state index contributed by atoms with van der Waals surface area (Å²) in [6.07, 6.45) is 2.29. The van der Waals surface area contributed by atoms with Crippen LogP contribution < -0.4 is 5.32 Å². The van der Waals surface area contributed by atoms with Crippen molar-refractivity contribution in [1.29, 1.82) is 0 Å². The first-order chi connectivity index (χ1) is 8.84. The zero-order valence-corrected chi connectivity index (χ0v) is 11.2. The van der Waals surface area contributed by atoms with Crippen LogP contribution in [0.3, 0.4) is 0 Å². The third-order valence-corrected chi connectivity index (χ3v) is 3.32. The van der Waals surface area contributed by atoms with Crippen molar-refractivity contribution in [3.05, 3.63) is 29.8 Å². The Morgan fingerprint density at radius 2 is 1.94 bits per heavy atom. The molecular weight excluding hydrogens is 226 g/mol. The third-order valence-electron chi connectivity index (χ3n) is 3.32. The summed E-state index contributed by atoms with van der Waals surface area (Å²) in [4.78, 5) is 0. The molecule has 3 heteroatoms. The number of benzene rings is 1. The maximum atomic E-state index is 5.70. The van der Waals surface area contributed by atoms with E-state index in [2.05, 4.69) is 36.5 Å². The molecule has 1 fully saturated rings. The van der Waals surface area contributed by atoms with Gasteiger partial charge in [0.15, 0.2) is 0 Å². The molecule has 0 amide bonds. The van der Waals surface area contributed by atoms with Gasteiger partial charge in [-0.1, -0.05) is 17.7 Å². The van der Waals surface area contributed by atoms with Crippen molar-refractivity contribution in [2.75, 3.05) is 38.3 Å².